The zero-order valence-electron chi connectivity index (χ0n) is 20.5. The molecule has 3 amide bonds. The predicted octanol–water partition coefficient (Wildman–Crippen LogP) is 6.57. The Hall–Kier alpha value is -4.03. The van der Waals surface area contributed by atoms with Crippen molar-refractivity contribution in [1.29, 1.82) is 0 Å². The summed E-state index contributed by atoms with van der Waals surface area (Å²) in [6, 6.07) is 26.6. The molecule has 1 atom stereocenters. The topological polar surface area (TPSA) is 57.6 Å². The van der Waals surface area contributed by atoms with Gasteiger partial charge in [-0.3, -0.25) is 9.69 Å². The van der Waals surface area contributed by atoms with Crippen molar-refractivity contribution in [2.24, 2.45) is 0 Å². The molecule has 0 radical (unpaired) electrons. The number of urea groups is 1. The molecule has 4 aromatic rings. The van der Waals surface area contributed by atoms with Crippen LogP contribution in [0, 0.1) is 6.92 Å². The van der Waals surface area contributed by atoms with E-state index in [4.69, 9.17) is 11.6 Å². The Morgan fingerprint density at radius 2 is 1.70 bits per heavy atom. The average molecular weight is 511 g/mol. The molecule has 0 unspecified atom stereocenters. The molecule has 6 nitrogen and oxygen atoms in total. The Kier molecular flexibility index (Phi) is 5.97. The molecule has 3 aromatic carbocycles. The van der Waals surface area contributed by atoms with E-state index >= 15 is 0 Å². The lowest BCUT2D eigenvalue weighted by Gasteiger charge is -2.39. The van der Waals surface area contributed by atoms with Crippen molar-refractivity contribution in [3.05, 3.63) is 113 Å². The maximum Gasteiger partial charge on any atom is 0.322 e. The highest BCUT2D eigenvalue weighted by atomic mass is 35.5. The molecule has 2 aliphatic rings. The van der Waals surface area contributed by atoms with E-state index in [1.165, 1.54) is 0 Å². The number of hydrogen-bond donors (Lipinski definition) is 1. The molecule has 7 heteroatoms. The van der Waals surface area contributed by atoms with E-state index in [9.17, 15) is 9.59 Å². The smallest absolute Gasteiger partial charge is 0.316 e. The molecule has 1 aliphatic heterocycles. The number of hydrogen-bond acceptors (Lipinski definition) is 2. The van der Waals surface area contributed by atoms with E-state index in [1.807, 2.05) is 103 Å². The predicted molar refractivity (Wildman–Crippen MR) is 146 cm³/mol. The van der Waals surface area contributed by atoms with E-state index in [0.717, 1.165) is 46.7 Å². The maximum atomic E-state index is 14.2. The minimum absolute atomic E-state index is 0.0194. The summed E-state index contributed by atoms with van der Waals surface area (Å²) < 4.78 is 2.12. The standard InChI is InChI=1S/C30H27ClN4O2/c1-20-8-2-3-11-24(20)32-30(37)34(23-15-16-23)19-28(36)35-26-13-5-4-12-25(26)33-17-7-14-27(33)29(35)21-9-6-10-22(31)18-21/h2-14,17-18,23,29H,15-16,19H2,1H3,(H,32,37)/t29-/m1/s1. The monoisotopic (exact) mass is 510 g/mol. The van der Waals surface area contributed by atoms with Gasteiger partial charge in [-0.2, -0.15) is 0 Å². The summed E-state index contributed by atoms with van der Waals surface area (Å²) >= 11 is 6.39. The number of anilines is 2. The molecule has 1 saturated carbocycles. The maximum absolute atomic E-state index is 14.2. The average Bonchev–Trinajstić information content (AvgIpc) is 3.62. The first-order chi connectivity index (χ1) is 18.0. The van der Waals surface area contributed by atoms with Crippen LogP contribution >= 0.6 is 11.6 Å². The van der Waals surface area contributed by atoms with Gasteiger partial charge in [0.2, 0.25) is 5.91 Å². The quantitative estimate of drug-likeness (QED) is 0.330. The van der Waals surface area contributed by atoms with Gasteiger partial charge in [0.15, 0.2) is 0 Å². The summed E-state index contributed by atoms with van der Waals surface area (Å²) in [6.45, 7) is 1.94. The molecule has 0 bridgehead atoms. The fourth-order valence-corrected chi connectivity index (χ4v) is 5.33. The van der Waals surface area contributed by atoms with Crippen LogP contribution in [0.4, 0.5) is 16.2 Å². The summed E-state index contributed by atoms with van der Waals surface area (Å²) in [7, 11) is 0. The van der Waals surface area contributed by atoms with Crippen LogP contribution in [-0.4, -0.2) is 34.0 Å². The van der Waals surface area contributed by atoms with Gasteiger partial charge in [-0.25, -0.2) is 4.79 Å². The lowest BCUT2D eigenvalue weighted by Crippen LogP contribution is -2.48. The summed E-state index contributed by atoms with van der Waals surface area (Å²) in [4.78, 5) is 31.1. The molecule has 1 aliphatic carbocycles. The Morgan fingerprint density at radius 1 is 0.946 bits per heavy atom. The Labute approximate surface area is 221 Å². The molecule has 1 N–H and O–H groups in total. The number of rotatable bonds is 5. The van der Waals surface area contributed by atoms with Gasteiger partial charge < -0.3 is 14.8 Å². The third kappa shape index (κ3) is 4.38. The molecule has 186 valence electrons. The Bertz CT molecular complexity index is 1490. The molecule has 37 heavy (non-hydrogen) atoms. The number of para-hydroxylation sites is 3. The van der Waals surface area contributed by atoms with Crippen LogP contribution in [-0.2, 0) is 4.79 Å². The van der Waals surface area contributed by atoms with E-state index in [2.05, 4.69) is 9.88 Å². The minimum Gasteiger partial charge on any atom is -0.316 e. The van der Waals surface area contributed by atoms with Crippen molar-refractivity contribution in [2.45, 2.75) is 31.8 Å². The highest BCUT2D eigenvalue weighted by Gasteiger charge is 2.40. The van der Waals surface area contributed by atoms with E-state index in [0.29, 0.717) is 5.02 Å². The highest BCUT2D eigenvalue weighted by molar-refractivity contribution is 6.30. The molecular weight excluding hydrogens is 484 g/mol. The zero-order chi connectivity index (χ0) is 25.5. The first-order valence-corrected chi connectivity index (χ1v) is 12.9. The fraction of sp³-hybridized carbons (Fsp3) is 0.200. The van der Waals surface area contributed by atoms with Gasteiger partial charge in [0.25, 0.3) is 0 Å². The van der Waals surface area contributed by atoms with Gasteiger partial charge >= 0.3 is 6.03 Å². The van der Waals surface area contributed by atoms with Gasteiger partial charge in [0.05, 0.1) is 17.1 Å². The van der Waals surface area contributed by atoms with Crippen LogP contribution in [0.5, 0.6) is 0 Å². The SMILES string of the molecule is Cc1ccccc1NC(=O)N(CC(=O)N1c2ccccc2-n2cccc2[C@H]1c1cccc(Cl)c1)C1CC1. The zero-order valence-corrected chi connectivity index (χ0v) is 21.2. The van der Waals surface area contributed by atoms with Crippen molar-refractivity contribution in [3.63, 3.8) is 0 Å². The molecule has 0 saturated heterocycles. The van der Waals surface area contributed by atoms with E-state index in [-0.39, 0.29) is 30.6 Å². The second-order valence-electron chi connectivity index (χ2n) is 9.62. The van der Waals surface area contributed by atoms with E-state index < -0.39 is 0 Å². The van der Waals surface area contributed by atoms with Crippen LogP contribution in [0.15, 0.2) is 91.1 Å². The van der Waals surface area contributed by atoms with Gasteiger partial charge in [-0.1, -0.05) is 54.1 Å². The van der Waals surface area contributed by atoms with E-state index in [1.54, 1.807) is 4.90 Å². The summed E-state index contributed by atoms with van der Waals surface area (Å²) in [5.41, 5.74) is 5.34. The van der Waals surface area contributed by atoms with Crippen molar-refractivity contribution >= 4 is 34.9 Å². The van der Waals surface area contributed by atoms with Crippen LogP contribution in [0.1, 0.15) is 35.7 Å². The normalized spacial score (nSPS) is 16.1. The third-order valence-electron chi connectivity index (χ3n) is 7.09. The molecule has 2 heterocycles. The minimum atomic E-state index is -0.378. The first kappa shape index (κ1) is 23.4. The number of carbonyl (C=O) groups is 2. The molecule has 1 fully saturated rings. The number of nitrogens with one attached hydrogen (secondary N) is 1. The van der Waals surface area contributed by atoms with Crippen LogP contribution in [0.25, 0.3) is 5.69 Å². The number of benzene rings is 3. The Balaban J connectivity index is 1.37. The van der Waals surface area contributed by atoms with Gasteiger partial charge in [0.1, 0.15) is 12.6 Å². The number of nitrogens with zero attached hydrogens (tertiary/aromatic N) is 3. The van der Waals surface area contributed by atoms with Gasteiger partial charge in [0, 0.05) is 22.9 Å². The van der Waals surface area contributed by atoms with Crippen molar-refractivity contribution < 1.29 is 9.59 Å². The van der Waals surface area contributed by atoms with Gasteiger partial charge in [-0.15, -0.1) is 0 Å². The van der Waals surface area contributed by atoms with Crippen LogP contribution in [0.3, 0.4) is 0 Å². The fourth-order valence-electron chi connectivity index (χ4n) is 5.13. The second kappa shape index (κ2) is 9.45. The van der Waals surface area contributed by atoms with Crippen molar-refractivity contribution in [2.75, 3.05) is 16.8 Å². The number of aryl methyl sites for hydroxylation is 1. The summed E-state index contributed by atoms with van der Waals surface area (Å²) in [5, 5.41) is 3.63. The Morgan fingerprint density at radius 3 is 2.46 bits per heavy atom. The number of aromatic nitrogens is 1. The van der Waals surface area contributed by atoms with Gasteiger partial charge in [-0.05, 0) is 73.4 Å². The summed E-state index contributed by atoms with van der Waals surface area (Å²) in [5.74, 6) is -0.142. The first-order valence-electron chi connectivity index (χ1n) is 12.5. The summed E-state index contributed by atoms with van der Waals surface area (Å²) in [6.07, 6.45) is 3.80. The number of carbonyl (C=O) groups excluding carboxylic acids is 2. The number of halogens is 1. The highest BCUT2D eigenvalue weighted by Crippen LogP contribution is 2.43. The van der Waals surface area contributed by atoms with Crippen LogP contribution in [0.2, 0.25) is 5.02 Å². The third-order valence-corrected chi connectivity index (χ3v) is 7.33. The molecular formula is C30H27ClN4O2. The van der Waals surface area contributed by atoms with Crippen molar-refractivity contribution in [1.82, 2.24) is 9.47 Å². The number of amides is 3. The lowest BCUT2D eigenvalue weighted by atomic mass is 9.97. The number of fused-ring (bicyclic) bond motifs is 3. The van der Waals surface area contributed by atoms with Crippen LogP contribution < -0.4 is 10.2 Å². The largest absolute Gasteiger partial charge is 0.322 e. The molecule has 0 spiro atoms. The molecule has 1 aromatic heterocycles. The second-order valence-corrected chi connectivity index (χ2v) is 10.1. The lowest BCUT2D eigenvalue weighted by molar-refractivity contribution is -0.119. The van der Waals surface area contributed by atoms with Crippen molar-refractivity contribution in [3.8, 4) is 5.69 Å². The molecule has 6 rings (SSSR count).